The fraction of sp³-hybridized carbons (Fsp3) is 0.182. The standard InChI is InChI=1S/C11H11N5O2/c1-11(9(12)18,10-13-15-16-14-10)8-4-2-7(6-17)3-5-8/h2-6H,1H3,(H2,12,18)(H,13,14,15,16). The molecule has 0 saturated carbocycles. The maximum absolute atomic E-state index is 11.7. The molecule has 1 atom stereocenters. The molecule has 0 bridgehead atoms. The van der Waals surface area contributed by atoms with Crippen LogP contribution in [-0.2, 0) is 10.2 Å². The summed E-state index contributed by atoms with van der Waals surface area (Å²) in [5.74, 6) is -0.325. The lowest BCUT2D eigenvalue weighted by molar-refractivity contribution is -0.121. The quantitative estimate of drug-likeness (QED) is 0.724. The summed E-state index contributed by atoms with van der Waals surface area (Å²) in [6.45, 7) is 1.62. The van der Waals surface area contributed by atoms with Crippen LogP contribution in [0.15, 0.2) is 24.3 Å². The zero-order valence-corrected chi connectivity index (χ0v) is 9.62. The molecule has 0 fully saturated rings. The second-order valence-corrected chi connectivity index (χ2v) is 3.98. The Morgan fingerprint density at radius 2 is 2.06 bits per heavy atom. The number of aromatic nitrogens is 4. The molecule has 92 valence electrons. The van der Waals surface area contributed by atoms with Crippen LogP contribution in [0.5, 0.6) is 0 Å². The molecule has 0 aliphatic rings. The third-order valence-electron chi connectivity index (χ3n) is 2.94. The summed E-state index contributed by atoms with van der Waals surface area (Å²) in [5.41, 5.74) is 5.40. The van der Waals surface area contributed by atoms with Crippen molar-refractivity contribution >= 4 is 12.2 Å². The summed E-state index contributed by atoms with van der Waals surface area (Å²) in [7, 11) is 0. The molecular weight excluding hydrogens is 234 g/mol. The monoisotopic (exact) mass is 245 g/mol. The van der Waals surface area contributed by atoms with Crippen molar-refractivity contribution in [2.75, 3.05) is 0 Å². The summed E-state index contributed by atoms with van der Waals surface area (Å²) in [5, 5.41) is 13.2. The van der Waals surface area contributed by atoms with E-state index in [1.54, 1.807) is 31.2 Å². The smallest absolute Gasteiger partial charge is 0.235 e. The number of carbonyl (C=O) groups is 2. The van der Waals surface area contributed by atoms with Crippen molar-refractivity contribution in [3.05, 3.63) is 41.2 Å². The topological polar surface area (TPSA) is 115 Å². The highest BCUT2D eigenvalue weighted by Crippen LogP contribution is 2.28. The Hall–Kier alpha value is -2.57. The minimum atomic E-state index is -1.16. The van der Waals surface area contributed by atoms with Crippen LogP contribution in [0, 0.1) is 0 Å². The Kier molecular flexibility index (Phi) is 2.88. The number of rotatable bonds is 4. The number of aldehydes is 1. The van der Waals surface area contributed by atoms with Gasteiger partial charge in [-0.05, 0) is 22.9 Å². The van der Waals surface area contributed by atoms with Gasteiger partial charge in [0.15, 0.2) is 5.82 Å². The number of nitrogens with two attached hydrogens (primary N) is 1. The number of hydrogen-bond acceptors (Lipinski definition) is 5. The number of carbonyl (C=O) groups excluding carboxylic acids is 2. The zero-order valence-electron chi connectivity index (χ0n) is 9.62. The minimum Gasteiger partial charge on any atom is -0.369 e. The Morgan fingerprint density at radius 3 is 2.50 bits per heavy atom. The van der Waals surface area contributed by atoms with Gasteiger partial charge in [-0.2, -0.15) is 0 Å². The van der Waals surface area contributed by atoms with Crippen molar-refractivity contribution in [3.8, 4) is 0 Å². The molecule has 0 aliphatic heterocycles. The molecule has 3 N–H and O–H groups in total. The highest BCUT2D eigenvalue weighted by molar-refractivity contribution is 5.89. The third-order valence-corrected chi connectivity index (χ3v) is 2.94. The first-order valence-electron chi connectivity index (χ1n) is 5.19. The first kappa shape index (κ1) is 11.9. The Labute approximate surface area is 102 Å². The predicted molar refractivity (Wildman–Crippen MR) is 61.7 cm³/mol. The van der Waals surface area contributed by atoms with Crippen LogP contribution < -0.4 is 5.73 Å². The molecule has 1 amide bonds. The highest BCUT2D eigenvalue weighted by atomic mass is 16.1. The van der Waals surface area contributed by atoms with Crippen LogP contribution in [0.4, 0.5) is 0 Å². The van der Waals surface area contributed by atoms with Crippen LogP contribution in [-0.4, -0.2) is 32.8 Å². The van der Waals surface area contributed by atoms with Crippen LogP contribution in [0.1, 0.15) is 28.7 Å². The van der Waals surface area contributed by atoms with E-state index in [0.29, 0.717) is 11.1 Å². The Bertz CT molecular complexity index is 564. The number of tetrazole rings is 1. The van der Waals surface area contributed by atoms with Gasteiger partial charge in [-0.1, -0.05) is 24.3 Å². The molecule has 1 unspecified atom stereocenters. The highest BCUT2D eigenvalue weighted by Gasteiger charge is 2.38. The van der Waals surface area contributed by atoms with E-state index in [1.807, 2.05) is 0 Å². The van der Waals surface area contributed by atoms with Gasteiger partial charge in [-0.15, -0.1) is 5.10 Å². The van der Waals surface area contributed by atoms with Gasteiger partial charge in [0.25, 0.3) is 0 Å². The number of H-pyrrole nitrogens is 1. The lowest BCUT2D eigenvalue weighted by Gasteiger charge is -2.23. The maximum atomic E-state index is 11.7. The van der Waals surface area contributed by atoms with Gasteiger partial charge in [-0.25, -0.2) is 5.10 Å². The second kappa shape index (κ2) is 4.36. The van der Waals surface area contributed by atoms with E-state index in [-0.39, 0.29) is 5.82 Å². The summed E-state index contributed by atoms with van der Waals surface area (Å²) in [6.07, 6.45) is 0.724. The van der Waals surface area contributed by atoms with E-state index in [1.165, 1.54) is 0 Å². The number of benzene rings is 1. The Balaban J connectivity index is 2.54. The van der Waals surface area contributed by atoms with Crippen molar-refractivity contribution in [1.29, 1.82) is 0 Å². The molecule has 1 aromatic heterocycles. The second-order valence-electron chi connectivity index (χ2n) is 3.98. The molecular formula is C11H11N5O2. The maximum Gasteiger partial charge on any atom is 0.235 e. The van der Waals surface area contributed by atoms with Crippen molar-refractivity contribution in [3.63, 3.8) is 0 Å². The SMILES string of the molecule is CC(C(N)=O)(c1ccc(C=O)cc1)c1nnn[nH]1. The van der Waals surface area contributed by atoms with E-state index in [9.17, 15) is 9.59 Å². The van der Waals surface area contributed by atoms with E-state index in [0.717, 1.165) is 6.29 Å². The molecule has 0 radical (unpaired) electrons. The average Bonchev–Trinajstić information content (AvgIpc) is 2.92. The molecule has 0 aliphatic carbocycles. The molecule has 18 heavy (non-hydrogen) atoms. The molecule has 2 rings (SSSR count). The van der Waals surface area contributed by atoms with Gasteiger partial charge in [0.2, 0.25) is 5.91 Å². The molecule has 1 aromatic carbocycles. The largest absolute Gasteiger partial charge is 0.369 e. The minimum absolute atomic E-state index is 0.258. The van der Waals surface area contributed by atoms with Crippen LogP contribution in [0.25, 0.3) is 0 Å². The van der Waals surface area contributed by atoms with Crippen molar-refractivity contribution in [2.24, 2.45) is 5.73 Å². The molecule has 1 heterocycles. The van der Waals surface area contributed by atoms with Gasteiger partial charge in [0, 0.05) is 5.56 Å². The lowest BCUT2D eigenvalue weighted by Crippen LogP contribution is -2.40. The number of hydrogen-bond donors (Lipinski definition) is 2. The first-order chi connectivity index (χ1) is 8.59. The average molecular weight is 245 g/mol. The van der Waals surface area contributed by atoms with Gasteiger partial charge in [-0.3, -0.25) is 9.59 Å². The summed E-state index contributed by atoms with van der Waals surface area (Å²) in [4.78, 5) is 22.3. The van der Waals surface area contributed by atoms with Gasteiger partial charge in [0.05, 0.1) is 0 Å². The van der Waals surface area contributed by atoms with Crippen LogP contribution in [0.2, 0.25) is 0 Å². The zero-order chi connectivity index (χ0) is 13.2. The van der Waals surface area contributed by atoms with E-state index < -0.39 is 11.3 Å². The fourth-order valence-corrected chi connectivity index (χ4v) is 1.66. The summed E-state index contributed by atoms with van der Waals surface area (Å²) in [6, 6.07) is 6.51. The summed E-state index contributed by atoms with van der Waals surface area (Å²) < 4.78 is 0. The third kappa shape index (κ3) is 1.75. The van der Waals surface area contributed by atoms with Gasteiger partial charge >= 0.3 is 0 Å². The predicted octanol–water partition coefficient (Wildman–Crippen LogP) is -0.197. The normalized spacial score (nSPS) is 13.8. The van der Waals surface area contributed by atoms with Crippen LogP contribution >= 0.6 is 0 Å². The molecule has 2 aromatic rings. The molecule has 0 spiro atoms. The first-order valence-corrected chi connectivity index (χ1v) is 5.19. The van der Waals surface area contributed by atoms with Gasteiger partial charge in [0.1, 0.15) is 11.7 Å². The van der Waals surface area contributed by atoms with E-state index in [2.05, 4.69) is 20.6 Å². The lowest BCUT2D eigenvalue weighted by atomic mass is 9.81. The summed E-state index contributed by atoms with van der Waals surface area (Å²) >= 11 is 0. The van der Waals surface area contributed by atoms with Crippen molar-refractivity contribution in [2.45, 2.75) is 12.3 Å². The molecule has 7 nitrogen and oxygen atoms in total. The molecule has 0 saturated heterocycles. The number of primary amides is 1. The van der Waals surface area contributed by atoms with Gasteiger partial charge < -0.3 is 5.73 Å². The Morgan fingerprint density at radius 1 is 1.39 bits per heavy atom. The van der Waals surface area contributed by atoms with Crippen LogP contribution in [0.3, 0.4) is 0 Å². The van der Waals surface area contributed by atoms with E-state index in [4.69, 9.17) is 5.73 Å². The van der Waals surface area contributed by atoms with Crippen molar-refractivity contribution in [1.82, 2.24) is 20.6 Å². The number of nitrogens with zero attached hydrogens (tertiary/aromatic N) is 3. The number of nitrogens with one attached hydrogen (secondary N) is 1. The van der Waals surface area contributed by atoms with Crippen molar-refractivity contribution < 1.29 is 9.59 Å². The number of amides is 1. The number of aromatic amines is 1. The fourth-order valence-electron chi connectivity index (χ4n) is 1.66. The molecule has 7 heteroatoms. The van der Waals surface area contributed by atoms with E-state index >= 15 is 0 Å².